The zero-order valence-electron chi connectivity index (χ0n) is 44.1. The van der Waals surface area contributed by atoms with E-state index in [0.29, 0.717) is 19.3 Å². The zero-order valence-corrected chi connectivity index (χ0v) is 44.1. The third kappa shape index (κ3) is 53.0. The summed E-state index contributed by atoms with van der Waals surface area (Å²) in [5, 5.41) is 0. The Morgan fingerprint density at radius 1 is 0.309 bits per heavy atom. The lowest BCUT2D eigenvalue weighted by Gasteiger charge is -2.18. The molecule has 0 fully saturated rings. The van der Waals surface area contributed by atoms with Crippen LogP contribution in [0.3, 0.4) is 0 Å². The summed E-state index contributed by atoms with van der Waals surface area (Å²) in [5.74, 6) is -1.02. The molecular weight excluding hydrogens is 841 g/mol. The first-order valence-electron chi connectivity index (χ1n) is 27.9. The number of rotatable bonds is 49. The molecule has 0 aliphatic heterocycles. The predicted octanol–water partition coefficient (Wildman–Crippen LogP) is 18.7. The van der Waals surface area contributed by atoms with Crippen molar-refractivity contribution in [1.29, 1.82) is 0 Å². The van der Waals surface area contributed by atoms with Crippen molar-refractivity contribution in [3.63, 3.8) is 0 Å². The molecule has 0 saturated carbocycles. The molecule has 0 saturated heterocycles. The molecule has 0 spiro atoms. The molecule has 0 aromatic heterocycles. The second-order valence-electron chi connectivity index (χ2n) is 18.1. The van der Waals surface area contributed by atoms with Crippen molar-refractivity contribution in [2.45, 2.75) is 252 Å². The fourth-order valence-electron chi connectivity index (χ4n) is 7.32. The number of carbonyl (C=O) groups is 3. The van der Waals surface area contributed by atoms with Gasteiger partial charge in [-0.25, -0.2) is 0 Å². The van der Waals surface area contributed by atoms with E-state index in [1.807, 2.05) is 6.08 Å². The highest BCUT2D eigenvalue weighted by Gasteiger charge is 2.19. The number of carbonyl (C=O) groups excluding carboxylic acids is 3. The molecule has 0 aromatic carbocycles. The van der Waals surface area contributed by atoms with Crippen LogP contribution in [0.5, 0.6) is 0 Å². The molecular formula is C62H102O6. The topological polar surface area (TPSA) is 78.9 Å². The van der Waals surface area contributed by atoms with Crippen LogP contribution < -0.4 is 0 Å². The first-order chi connectivity index (χ1) is 33.5. The van der Waals surface area contributed by atoms with Gasteiger partial charge in [-0.15, -0.1) is 0 Å². The summed E-state index contributed by atoms with van der Waals surface area (Å²) in [4.78, 5) is 38.1. The average molecular weight is 943 g/mol. The van der Waals surface area contributed by atoms with Gasteiger partial charge in [-0.3, -0.25) is 14.4 Å². The lowest BCUT2D eigenvalue weighted by atomic mass is 10.1. The summed E-state index contributed by atoms with van der Waals surface area (Å²) in [7, 11) is 0. The molecule has 0 aliphatic carbocycles. The van der Waals surface area contributed by atoms with Crippen LogP contribution >= 0.6 is 0 Å². The van der Waals surface area contributed by atoms with Gasteiger partial charge < -0.3 is 14.2 Å². The number of ether oxygens (including phenoxy) is 3. The molecule has 0 aromatic rings. The Balaban J connectivity index is 4.55. The molecule has 1 unspecified atom stereocenters. The second-order valence-corrected chi connectivity index (χ2v) is 18.1. The number of hydrogen-bond donors (Lipinski definition) is 0. The fourth-order valence-corrected chi connectivity index (χ4v) is 7.32. The number of unbranched alkanes of at least 4 members (excludes halogenated alkanes) is 20. The minimum atomic E-state index is -0.821. The first kappa shape index (κ1) is 64.1. The summed E-state index contributed by atoms with van der Waals surface area (Å²) in [6.45, 7) is 6.42. The molecule has 0 radical (unpaired) electrons. The number of allylic oxidation sites excluding steroid dienone is 18. The van der Waals surface area contributed by atoms with E-state index in [9.17, 15) is 14.4 Å². The van der Waals surface area contributed by atoms with Gasteiger partial charge in [0, 0.05) is 19.3 Å². The van der Waals surface area contributed by atoms with Crippen molar-refractivity contribution in [2.24, 2.45) is 0 Å². The summed E-state index contributed by atoms with van der Waals surface area (Å²) >= 11 is 0. The van der Waals surface area contributed by atoms with Crippen molar-refractivity contribution in [1.82, 2.24) is 0 Å². The van der Waals surface area contributed by atoms with Crippen LogP contribution in [-0.4, -0.2) is 37.2 Å². The van der Waals surface area contributed by atoms with Gasteiger partial charge in [0.25, 0.3) is 0 Å². The van der Waals surface area contributed by atoms with Crippen LogP contribution in [0.1, 0.15) is 245 Å². The maximum absolute atomic E-state index is 12.8. The molecule has 0 aliphatic rings. The zero-order chi connectivity index (χ0) is 49.3. The van der Waals surface area contributed by atoms with Crippen LogP contribution in [0.4, 0.5) is 0 Å². The Bertz CT molecular complexity index is 1410. The smallest absolute Gasteiger partial charge is 0.306 e. The minimum absolute atomic E-state index is 0.113. The van der Waals surface area contributed by atoms with E-state index in [2.05, 4.69) is 124 Å². The second kappa shape index (κ2) is 55.7. The highest BCUT2D eigenvalue weighted by Crippen LogP contribution is 2.13. The molecule has 0 rings (SSSR count). The molecule has 0 N–H and O–H groups in total. The van der Waals surface area contributed by atoms with Gasteiger partial charge in [-0.2, -0.15) is 0 Å². The van der Waals surface area contributed by atoms with Crippen LogP contribution in [0.2, 0.25) is 0 Å². The third-order valence-electron chi connectivity index (χ3n) is 11.5. The van der Waals surface area contributed by atoms with Crippen molar-refractivity contribution >= 4 is 17.9 Å². The van der Waals surface area contributed by atoms with E-state index in [-0.39, 0.29) is 37.5 Å². The highest BCUT2D eigenvalue weighted by atomic mass is 16.6. The SMILES string of the molecule is CC/C=C\C/C=C\C/C=C\C/C=C\C/C=C\C/C=C\CCC(=O)OCC(COC(=O)CCCCCCC/C=C\CCCCCCCC)OC(=O)CCCCCCC/C=C\C/C=C\CCCCCC. The molecule has 386 valence electrons. The van der Waals surface area contributed by atoms with Crippen LogP contribution in [0, 0.1) is 0 Å². The fraction of sp³-hybridized carbons (Fsp3) is 0.661. The molecule has 1 atom stereocenters. The first-order valence-corrected chi connectivity index (χ1v) is 27.9. The minimum Gasteiger partial charge on any atom is -0.462 e. The van der Waals surface area contributed by atoms with E-state index >= 15 is 0 Å². The Hall–Kier alpha value is -3.93. The average Bonchev–Trinajstić information content (AvgIpc) is 3.34. The van der Waals surface area contributed by atoms with Gasteiger partial charge in [-0.1, -0.05) is 220 Å². The van der Waals surface area contributed by atoms with Crippen LogP contribution in [0.25, 0.3) is 0 Å². The molecule has 0 bridgehead atoms. The van der Waals surface area contributed by atoms with Crippen molar-refractivity contribution < 1.29 is 28.6 Å². The lowest BCUT2D eigenvalue weighted by Crippen LogP contribution is -2.30. The summed E-state index contributed by atoms with van der Waals surface area (Å²) in [6, 6.07) is 0. The van der Waals surface area contributed by atoms with E-state index in [1.165, 1.54) is 83.5 Å². The monoisotopic (exact) mass is 943 g/mol. The van der Waals surface area contributed by atoms with Crippen molar-refractivity contribution in [2.75, 3.05) is 13.2 Å². The molecule has 6 nitrogen and oxygen atoms in total. The van der Waals surface area contributed by atoms with E-state index < -0.39 is 6.10 Å². The van der Waals surface area contributed by atoms with Gasteiger partial charge in [0.05, 0.1) is 0 Å². The summed E-state index contributed by atoms with van der Waals surface area (Å²) in [5.41, 5.74) is 0. The summed E-state index contributed by atoms with van der Waals surface area (Å²) < 4.78 is 16.8. The summed E-state index contributed by atoms with van der Waals surface area (Å²) in [6.07, 6.45) is 75.1. The number of hydrogen-bond acceptors (Lipinski definition) is 6. The standard InChI is InChI=1S/C62H102O6/c1-4-7-10-13-16-19-22-25-28-30-31-32-35-37-40-43-46-49-52-55-61(64)67-58-59(57-66-60(63)54-51-48-45-42-39-36-33-27-24-21-18-15-12-9-6-3)68-62(65)56-53-50-47-44-41-38-34-29-26-23-20-17-14-11-8-5-2/h7,10,16,19-20,23,25,27-29,31-34,37,40,46,49,59H,4-6,8-9,11-15,17-18,21-22,24,26,30,35-36,38-39,41-45,47-48,50-58H2,1-3H3/b10-7-,19-16-,23-20-,28-25-,32-31-,33-27-,34-29-,40-37-,49-46-. The van der Waals surface area contributed by atoms with E-state index in [4.69, 9.17) is 14.2 Å². The van der Waals surface area contributed by atoms with Crippen LogP contribution in [0.15, 0.2) is 109 Å². The lowest BCUT2D eigenvalue weighted by molar-refractivity contribution is -0.166. The largest absolute Gasteiger partial charge is 0.462 e. The van der Waals surface area contributed by atoms with Gasteiger partial charge >= 0.3 is 17.9 Å². The predicted molar refractivity (Wildman–Crippen MR) is 293 cm³/mol. The van der Waals surface area contributed by atoms with Crippen LogP contribution in [-0.2, 0) is 28.6 Å². The molecule has 0 amide bonds. The third-order valence-corrected chi connectivity index (χ3v) is 11.5. The molecule has 0 heterocycles. The maximum Gasteiger partial charge on any atom is 0.306 e. The van der Waals surface area contributed by atoms with Gasteiger partial charge in [0.2, 0.25) is 0 Å². The van der Waals surface area contributed by atoms with E-state index in [0.717, 1.165) is 116 Å². The Kier molecular flexibility index (Phi) is 52.4. The van der Waals surface area contributed by atoms with Gasteiger partial charge in [-0.05, 0) is 116 Å². The normalized spacial score (nSPS) is 12.9. The van der Waals surface area contributed by atoms with Crippen molar-refractivity contribution in [3.05, 3.63) is 109 Å². The van der Waals surface area contributed by atoms with Gasteiger partial charge in [0.1, 0.15) is 13.2 Å². The van der Waals surface area contributed by atoms with Crippen molar-refractivity contribution in [3.8, 4) is 0 Å². The Morgan fingerprint density at radius 3 is 1.01 bits per heavy atom. The van der Waals surface area contributed by atoms with Gasteiger partial charge in [0.15, 0.2) is 6.10 Å². The molecule has 6 heteroatoms. The highest BCUT2D eigenvalue weighted by molar-refractivity contribution is 5.71. The molecule has 68 heavy (non-hydrogen) atoms. The quantitative estimate of drug-likeness (QED) is 0.0262. The Morgan fingerprint density at radius 2 is 0.603 bits per heavy atom. The number of esters is 3. The maximum atomic E-state index is 12.8. The van der Waals surface area contributed by atoms with E-state index in [1.54, 1.807) is 0 Å². The Labute approximate surface area is 419 Å².